The van der Waals surface area contributed by atoms with E-state index in [0.717, 1.165) is 30.4 Å². The summed E-state index contributed by atoms with van der Waals surface area (Å²) in [6, 6.07) is 15.5. The molecule has 0 amide bonds. The molecular formula is C29H29F3O. The summed E-state index contributed by atoms with van der Waals surface area (Å²) in [7, 11) is 0. The molecule has 0 radical (unpaired) electrons. The maximum Gasteiger partial charge on any atom is 0.201 e. The molecule has 3 fully saturated rings. The summed E-state index contributed by atoms with van der Waals surface area (Å²) in [6.07, 6.45) is 6.53. The van der Waals surface area contributed by atoms with Crippen molar-refractivity contribution in [3.63, 3.8) is 0 Å². The van der Waals surface area contributed by atoms with Gasteiger partial charge in [0.05, 0.1) is 6.61 Å². The number of unbranched alkanes of at least 4 members (excludes halogenated alkanes) is 1. The van der Waals surface area contributed by atoms with Gasteiger partial charge in [-0.25, -0.2) is 8.78 Å². The number of rotatable bonds is 8. The fourth-order valence-corrected chi connectivity index (χ4v) is 6.13. The van der Waals surface area contributed by atoms with Crippen molar-refractivity contribution >= 4 is 0 Å². The van der Waals surface area contributed by atoms with E-state index in [1.807, 2.05) is 30.3 Å². The molecule has 2 bridgehead atoms. The van der Waals surface area contributed by atoms with Crippen LogP contribution < -0.4 is 4.74 Å². The largest absolute Gasteiger partial charge is 0.490 e. The molecule has 3 aliphatic rings. The monoisotopic (exact) mass is 450 g/mol. The van der Waals surface area contributed by atoms with Crippen LogP contribution in [-0.4, -0.2) is 6.61 Å². The molecule has 0 atom stereocenters. The van der Waals surface area contributed by atoms with Crippen LogP contribution in [0, 0.1) is 22.9 Å². The van der Waals surface area contributed by atoms with Gasteiger partial charge in [-0.05, 0) is 61.3 Å². The van der Waals surface area contributed by atoms with Crippen LogP contribution in [0.4, 0.5) is 13.2 Å². The summed E-state index contributed by atoms with van der Waals surface area (Å²) in [5.74, 6) is -2.38. The second-order valence-electron chi connectivity index (χ2n) is 9.84. The first-order valence-corrected chi connectivity index (χ1v) is 11.9. The molecule has 172 valence electrons. The van der Waals surface area contributed by atoms with Crippen molar-refractivity contribution in [2.24, 2.45) is 5.41 Å². The van der Waals surface area contributed by atoms with Crippen molar-refractivity contribution in [3.05, 3.63) is 77.6 Å². The van der Waals surface area contributed by atoms with Crippen LogP contribution in [0.15, 0.2) is 54.6 Å². The summed E-state index contributed by atoms with van der Waals surface area (Å²) in [6.45, 7) is 4.23. The minimum atomic E-state index is -0.985. The van der Waals surface area contributed by atoms with Gasteiger partial charge in [-0.15, -0.1) is 0 Å². The summed E-state index contributed by atoms with van der Waals surface area (Å²) >= 11 is 0. The number of ether oxygens (including phenoxy) is 1. The van der Waals surface area contributed by atoms with Crippen LogP contribution in [0.2, 0.25) is 0 Å². The first-order valence-electron chi connectivity index (χ1n) is 11.9. The van der Waals surface area contributed by atoms with Gasteiger partial charge >= 0.3 is 0 Å². The quantitative estimate of drug-likeness (QED) is 0.334. The van der Waals surface area contributed by atoms with Gasteiger partial charge in [-0.1, -0.05) is 62.2 Å². The molecule has 33 heavy (non-hydrogen) atoms. The SMILES string of the molecule is CCCCC12CC(c3cc(-c4ccc(-c5ccccc5)c(F)c4)c(F)c(F)c3OCC)(C1)C2. The fraction of sp³-hybridized carbons (Fsp3) is 0.379. The van der Waals surface area contributed by atoms with Crippen LogP contribution in [0.3, 0.4) is 0 Å². The molecule has 3 saturated carbocycles. The third kappa shape index (κ3) is 3.55. The Morgan fingerprint density at radius 1 is 0.818 bits per heavy atom. The second kappa shape index (κ2) is 8.23. The van der Waals surface area contributed by atoms with Gasteiger partial charge in [-0.3, -0.25) is 0 Å². The summed E-state index contributed by atoms with van der Waals surface area (Å²) < 4.78 is 51.1. The molecule has 0 saturated heterocycles. The second-order valence-corrected chi connectivity index (χ2v) is 9.84. The van der Waals surface area contributed by atoms with Crippen molar-refractivity contribution in [2.45, 2.75) is 57.8 Å². The van der Waals surface area contributed by atoms with E-state index in [0.29, 0.717) is 16.5 Å². The van der Waals surface area contributed by atoms with Crippen LogP contribution in [0.25, 0.3) is 22.3 Å². The lowest BCUT2D eigenvalue weighted by Crippen LogP contribution is -2.64. The maximum absolute atomic E-state index is 15.3. The van der Waals surface area contributed by atoms with Crippen molar-refractivity contribution < 1.29 is 17.9 Å². The van der Waals surface area contributed by atoms with Crippen molar-refractivity contribution in [1.29, 1.82) is 0 Å². The number of hydrogen-bond acceptors (Lipinski definition) is 1. The molecule has 0 aromatic heterocycles. The van der Waals surface area contributed by atoms with Crippen molar-refractivity contribution in [2.75, 3.05) is 6.61 Å². The molecule has 0 heterocycles. The lowest BCUT2D eigenvalue weighted by atomic mass is 9.32. The Balaban J connectivity index is 1.54. The molecule has 0 unspecified atom stereocenters. The molecule has 0 spiro atoms. The zero-order chi connectivity index (χ0) is 23.2. The van der Waals surface area contributed by atoms with Gasteiger partial charge < -0.3 is 4.74 Å². The van der Waals surface area contributed by atoms with Crippen molar-refractivity contribution in [1.82, 2.24) is 0 Å². The average molecular weight is 451 g/mol. The normalized spacial score (nSPS) is 23.1. The topological polar surface area (TPSA) is 9.23 Å². The predicted octanol–water partition coefficient (Wildman–Crippen LogP) is 8.45. The molecule has 1 nitrogen and oxygen atoms in total. The first-order chi connectivity index (χ1) is 15.9. The van der Waals surface area contributed by atoms with Gasteiger partial charge in [0.15, 0.2) is 11.6 Å². The van der Waals surface area contributed by atoms with E-state index in [2.05, 4.69) is 6.92 Å². The van der Waals surface area contributed by atoms with E-state index in [1.165, 1.54) is 25.3 Å². The molecule has 3 aromatic rings. The summed E-state index contributed by atoms with van der Waals surface area (Å²) in [5, 5.41) is 0. The molecular weight excluding hydrogens is 421 g/mol. The van der Waals surface area contributed by atoms with Gasteiger partial charge in [-0.2, -0.15) is 4.39 Å². The van der Waals surface area contributed by atoms with Crippen LogP contribution in [0.5, 0.6) is 5.75 Å². The lowest BCUT2D eigenvalue weighted by Gasteiger charge is -2.71. The van der Waals surface area contributed by atoms with E-state index < -0.39 is 17.5 Å². The minimum Gasteiger partial charge on any atom is -0.490 e. The highest BCUT2D eigenvalue weighted by Gasteiger charge is 2.68. The van der Waals surface area contributed by atoms with Crippen LogP contribution in [-0.2, 0) is 5.41 Å². The van der Waals surface area contributed by atoms with Gasteiger partial charge in [0.2, 0.25) is 5.82 Å². The molecule has 6 rings (SSSR count). The smallest absolute Gasteiger partial charge is 0.201 e. The standard InChI is InChI=1S/C29H29F3O/c1-3-5-13-28-16-29(17-28,18-28)23-15-22(25(31)26(32)27(23)33-4-2)20-11-12-21(24(30)14-20)19-9-7-6-8-10-19/h6-12,14-15H,3-5,13,16-18H2,1-2H3. The van der Waals surface area contributed by atoms with Crippen LogP contribution >= 0.6 is 0 Å². The van der Waals surface area contributed by atoms with Gasteiger partial charge in [0.1, 0.15) is 5.82 Å². The summed E-state index contributed by atoms with van der Waals surface area (Å²) in [4.78, 5) is 0. The van der Waals surface area contributed by atoms with E-state index in [-0.39, 0.29) is 23.3 Å². The average Bonchev–Trinajstić information content (AvgIpc) is 2.77. The highest BCUT2D eigenvalue weighted by molar-refractivity contribution is 5.73. The number of benzene rings is 3. The van der Waals surface area contributed by atoms with E-state index >= 15 is 13.2 Å². The Hall–Kier alpha value is -2.75. The fourth-order valence-electron chi connectivity index (χ4n) is 6.13. The van der Waals surface area contributed by atoms with E-state index in [1.54, 1.807) is 25.1 Å². The zero-order valence-corrected chi connectivity index (χ0v) is 19.2. The predicted molar refractivity (Wildman–Crippen MR) is 126 cm³/mol. The highest BCUT2D eigenvalue weighted by Crippen LogP contribution is 2.76. The Labute approximate surface area is 193 Å². The summed E-state index contributed by atoms with van der Waals surface area (Å²) in [5.41, 5.74) is 2.55. The Bertz CT molecular complexity index is 1170. The molecule has 3 aromatic carbocycles. The Morgan fingerprint density at radius 3 is 2.18 bits per heavy atom. The number of hydrogen-bond donors (Lipinski definition) is 0. The maximum atomic E-state index is 15.3. The van der Waals surface area contributed by atoms with E-state index in [4.69, 9.17) is 4.74 Å². The third-order valence-corrected chi connectivity index (χ3v) is 7.59. The molecule has 0 N–H and O–H groups in total. The molecule has 0 aliphatic heterocycles. The highest BCUT2D eigenvalue weighted by atomic mass is 19.2. The lowest BCUT2D eigenvalue weighted by molar-refractivity contribution is -0.148. The molecule has 3 aliphatic carbocycles. The molecule has 4 heteroatoms. The third-order valence-electron chi connectivity index (χ3n) is 7.59. The van der Waals surface area contributed by atoms with E-state index in [9.17, 15) is 0 Å². The van der Waals surface area contributed by atoms with Gasteiger partial charge in [0, 0.05) is 22.1 Å². The first kappa shape index (κ1) is 22.1. The van der Waals surface area contributed by atoms with Crippen LogP contribution in [0.1, 0.15) is 57.9 Å². The Kier molecular flexibility index (Phi) is 5.50. The van der Waals surface area contributed by atoms with Gasteiger partial charge in [0.25, 0.3) is 0 Å². The Morgan fingerprint density at radius 2 is 1.55 bits per heavy atom. The van der Waals surface area contributed by atoms with Crippen molar-refractivity contribution in [3.8, 4) is 28.0 Å². The zero-order valence-electron chi connectivity index (χ0n) is 19.2. The minimum absolute atomic E-state index is 0.0314. The number of halogens is 3.